The zero-order valence-corrected chi connectivity index (χ0v) is 13.6. The summed E-state index contributed by atoms with van der Waals surface area (Å²) in [7, 11) is 0. The van der Waals surface area contributed by atoms with Crippen LogP contribution in [0.1, 0.15) is 23.6 Å². The molecule has 0 unspecified atom stereocenters. The average molecular weight is 304 g/mol. The predicted molar refractivity (Wildman–Crippen MR) is 97.7 cm³/mol. The third-order valence-corrected chi connectivity index (χ3v) is 4.70. The molecule has 22 heavy (non-hydrogen) atoms. The van der Waals surface area contributed by atoms with E-state index in [-0.39, 0.29) is 10.7 Å². The van der Waals surface area contributed by atoms with Crippen LogP contribution in [-0.2, 0) is 5.41 Å². The molecule has 0 bridgehead atoms. The minimum Gasteiger partial charge on any atom is -0.175 e. The topological polar surface area (TPSA) is 0 Å². The third kappa shape index (κ3) is 2.46. The molecule has 0 saturated heterocycles. The molecule has 1 heteroatoms. The molecule has 3 rings (SSSR count). The molecule has 0 radical (unpaired) electrons. The number of hydrogen-bond acceptors (Lipinski definition) is 1. The highest BCUT2D eigenvalue weighted by Gasteiger charge is 2.39. The van der Waals surface area contributed by atoms with E-state index in [0.29, 0.717) is 0 Å². The minimum absolute atomic E-state index is 0.139. The number of rotatable bonds is 4. The van der Waals surface area contributed by atoms with Gasteiger partial charge < -0.3 is 0 Å². The van der Waals surface area contributed by atoms with E-state index in [2.05, 4.69) is 97.9 Å². The molecule has 3 aromatic rings. The number of benzene rings is 3. The van der Waals surface area contributed by atoms with Gasteiger partial charge in [0.15, 0.2) is 0 Å². The SMILES string of the molecule is C[C@H](S)C(c1ccccc1)(c1ccccc1)c1ccccc1. The summed E-state index contributed by atoms with van der Waals surface area (Å²) in [5.41, 5.74) is 3.56. The van der Waals surface area contributed by atoms with Crippen molar-refractivity contribution < 1.29 is 0 Å². The fourth-order valence-corrected chi connectivity index (χ4v) is 3.77. The summed E-state index contributed by atoms with van der Waals surface area (Å²) in [6.45, 7) is 2.18. The van der Waals surface area contributed by atoms with E-state index >= 15 is 0 Å². The molecule has 1 atom stereocenters. The second kappa shape index (κ2) is 6.41. The van der Waals surface area contributed by atoms with Gasteiger partial charge in [-0.2, -0.15) is 12.6 Å². The molecule has 0 spiro atoms. The lowest BCUT2D eigenvalue weighted by Gasteiger charge is -2.39. The van der Waals surface area contributed by atoms with Crippen LogP contribution in [0.5, 0.6) is 0 Å². The van der Waals surface area contributed by atoms with Crippen LogP contribution in [-0.4, -0.2) is 5.25 Å². The molecule has 0 amide bonds. The first-order valence-corrected chi connectivity index (χ1v) is 8.12. The Balaban J connectivity index is 2.34. The van der Waals surface area contributed by atoms with Gasteiger partial charge in [-0.05, 0) is 16.7 Å². The molecule has 0 N–H and O–H groups in total. The molecule has 3 aromatic carbocycles. The van der Waals surface area contributed by atoms with Gasteiger partial charge in [-0.1, -0.05) is 97.9 Å². The largest absolute Gasteiger partial charge is 0.175 e. The zero-order valence-electron chi connectivity index (χ0n) is 12.7. The van der Waals surface area contributed by atoms with Crippen molar-refractivity contribution in [2.75, 3.05) is 0 Å². The molecule has 0 heterocycles. The van der Waals surface area contributed by atoms with Crippen molar-refractivity contribution in [3.05, 3.63) is 108 Å². The Labute approximate surface area is 138 Å². The van der Waals surface area contributed by atoms with Crippen molar-refractivity contribution in [1.29, 1.82) is 0 Å². The Morgan fingerprint density at radius 3 is 1.09 bits per heavy atom. The van der Waals surface area contributed by atoms with E-state index in [9.17, 15) is 0 Å². The Morgan fingerprint density at radius 2 is 0.864 bits per heavy atom. The van der Waals surface area contributed by atoms with Gasteiger partial charge in [0.25, 0.3) is 0 Å². The van der Waals surface area contributed by atoms with Gasteiger partial charge in [0.2, 0.25) is 0 Å². The summed E-state index contributed by atoms with van der Waals surface area (Å²) in [5, 5.41) is 0.139. The van der Waals surface area contributed by atoms with Gasteiger partial charge in [-0.15, -0.1) is 0 Å². The number of thiol groups is 1. The van der Waals surface area contributed by atoms with Crippen LogP contribution in [0.3, 0.4) is 0 Å². The summed E-state index contributed by atoms with van der Waals surface area (Å²) < 4.78 is 0. The van der Waals surface area contributed by atoms with E-state index < -0.39 is 0 Å². The lowest BCUT2D eigenvalue weighted by molar-refractivity contribution is 0.612. The molecule has 0 saturated carbocycles. The van der Waals surface area contributed by atoms with Gasteiger partial charge in [0, 0.05) is 5.25 Å². The lowest BCUT2D eigenvalue weighted by Crippen LogP contribution is -2.37. The van der Waals surface area contributed by atoms with E-state index in [4.69, 9.17) is 12.6 Å². The fraction of sp³-hybridized carbons (Fsp3) is 0.143. The Kier molecular flexibility index (Phi) is 4.35. The maximum Gasteiger partial charge on any atom is 0.0564 e. The highest BCUT2D eigenvalue weighted by atomic mass is 32.1. The van der Waals surface area contributed by atoms with E-state index in [1.807, 2.05) is 0 Å². The van der Waals surface area contributed by atoms with Gasteiger partial charge in [0.05, 0.1) is 5.41 Å². The molecule has 0 aromatic heterocycles. The van der Waals surface area contributed by atoms with Crippen LogP contribution in [0.4, 0.5) is 0 Å². The molecule has 0 aliphatic heterocycles. The van der Waals surface area contributed by atoms with Gasteiger partial charge in [-0.25, -0.2) is 0 Å². The van der Waals surface area contributed by atoms with Gasteiger partial charge in [-0.3, -0.25) is 0 Å². The summed E-state index contributed by atoms with van der Waals surface area (Å²) >= 11 is 4.91. The van der Waals surface area contributed by atoms with Crippen LogP contribution >= 0.6 is 12.6 Å². The second-order valence-electron chi connectivity index (χ2n) is 5.58. The van der Waals surface area contributed by atoms with Crippen molar-refractivity contribution in [3.8, 4) is 0 Å². The van der Waals surface area contributed by atoms with E-state index in [1.165, 1.54) is 16.7 Å². The van der Waals surface area contributed by atoms with Crippen molar-refractivity contribution in [2.24, 2.45) is 0 Å². The van der Waals surface area contributed by atoms with Crippen LogP contribution < -0.4 is 0 Å². The molecule has 0 aliphatic carbocycles. The molecular weight excluding hydrogens is 284 g/mol. The first kappa shape index (κ1) is 14.9. The van der Waals surface area contributed by atoms with Crippen LogP contribution in [0.2, 0.25) is 0 Å². The lowest BCUT2D eigenvalue weighted by atomic mass is 9.67. The molecule has 0 aliphatic rings. The van der Waals surface area contributed by atoms with Gasteiger partial charge in [0.1, 0.15) is 0 Å². The minimum atomic E-state index is -0.257. The average Bonchev–Trinajstić information content (AvgIpc) is 2.58. The predicted octanol–water partition coefficient (Wildman–Crippen LogP) is 5.34. The Morgan fingerprint density at radius 1 is 0.591 bits per heavy atom. The number of hydrogen-bond donors (Lipinski definition) is 1. The fourth-order valence-electron chi connectivity index (χ4n) is 3.33. The molecule has 0 fully saturated rings. The molecular formula is C21H20S. The Hall–Kier alpha value is -1.99. The van der Waals surface area contributed by atoms with Crippen molar-refractivity contribution in [2.45, 2.75) is 17.6 Å². The molecule has 0 nitrogen and oxygen atoms in total. The summed E-state index contributed by atoms with van der Waals surface area (Å²) in [5.74, 6) is 0. The van der Waals surface area contributed by atoms with Gasteiger partial charge >= 0.3 is 0 Å². The van der Waals surface area contributed by atoms with Crippen LogP contribution in [0.15, 0.2) is 91.0 Å². The van der Waals surface area contributed by atoms with Crippen molar-refractivity contribution in [1.82, 2.24) is 0 Å². The highest BCUT2D eigenvalue weighted by Crippen LogP contribution is 2.43. The summed E-state index contributed by atoms with van der Waals surface area (Å²) in [6.07, 6.45) is 0. The normalized spacial score (nSPS) is 12.8. The zero-order chi connectivity index (χ0) is 15.4. The van der Waals surface area contributed by atoms with Crippen LogP contribution in [0, 0.1) is 0 Å². The first-order valence-electron chi connectivity index (χ1n) is 7.61. The maximum absolute atomic E-state index is 4.91. The van der Waals surface area contributed by atoms with Crippen molar-refractivity contribution >= 4 is 12.6 Å². The quantitative estimate of drug-likeness (QED) is 0.488. The molecule has 110 valence electrons. The van der Waals surface area contributed by atoms with Crippen LogP contribution in [0.25, 0.3) is 0 Å². The Bertz CT molecular complexity index is 606. The first-order chi connectivity index (χ1) is 10.8. The van der Waals surface area contributed by atoms with E-state index in [0.717, 1.165) is 0 Å². The summed E-state index contributed by atoms with van der Waals surface area (Å²) in [4.78, 5) is 0. The van der Waals surface area contributed by atoms with E-state index in [1.54, 1.807) is 0 Å². The summed E-state index contributed by atoms with van der Waals surface area (Å²) in [6, 6.07) is 32.0. The monoisotopic (exact) mass is 304 g/mol. The maximum atomic E-state index is 4.91. The van der Waals surface area contributed by atoms with Crippen molar-refractivity contribution in [3.63, 3.8) is 0 Å². The third-order valence-electron chi connectivity index (χ3n) is 4.31. The smallest absolute Gasteiger partial charge is 0.0564 e. The standard InChI is InChI=1S/C21H20S/c1-17(22)21(18-11-5-2-6-12-18,19-13-7-3-8-14-19)20-15-9-4-10-16-20/h2-17,22H,1H3/t17-/m0/s1. The second-order valence-corrected chi connectivity index (χ2v) is 6.36. The highest BCUT2D eigenvalue weighted by molar-refractivity contribution is 7.81.